The minimum Gasteiger partial charge on any atom is -0.379 e. The summed E-state index contributed by atoms with van der Waals surface area (Å²) in [4.78, 5) is 0. The zero-order valence-corrected chi connectivity index (χ0v) is 8.24. The molecule has 1 aliphatic rings. The molecule has 0 unspecified atom stereocenters. The van der Waals surface area contributed by atoms with Crippen LogP contribution in [0, 0.1) is 0 Å². The Balaban J connectivity index is 2.30. The first-order valence-electron chi connectivity index (χ1n) is 4.47. The van der Waals surface area contributed by atoms with E-state index in [0.717, 1.165) is 11.3 Å². The Kier molecular flexibility index (Phi) is 2.35. The highest BCUT2D eigenvalue weighted by molar-refractivity contribution is 6.30. The van der Waals surface area contributed by atoms with Crippen molar-refractivity contribution in [2.45, 2.75) is 18.8 Å². The van der Waals surface area contributed by atoms with Crippen molar-refractivity contribution in [1.29, 1.82) is 0 Å². The number of benzene rings is 1. The van der Waals surface area contributed by atoms with Gasteiger partial charge in [-0.15, -0.1) is 0 Å². The van der Waals surface area contributed by atoms with Crippen molar-refractivity contribution in [3.05, 3.63) is 28.8 Å². The number of halogens is 3. The third-order valence-corrected chi connectivity index (χ3v) is 2.60. The molecule has 0 radical (unpaired) electrons. The van der Waals surface area contributed by atoms with Gasteiger partial charge in [0.25, 0.3) is 5.92 Å². The fraction of sp³-hybridized carbons (Fsp3) is 0.400. The topological polar surface area (TPSA) is 12.0 Å². The van der Waals surface area contributed by atoms with Crippen LogP contribution < -0.4 is 5.32 Å². The third kappa shape index (κ3) is 1.98. The van der Waals surface area contributed by atoms with Crippen LogP contribution in [-0.4, -0.2) is 12.5 Å². The molecular formula is C10H10ClF2N. The van der Waals surface area contributed by atoms with Gasteiger partial charge >= 0.3 is 0 Å². The molecule has 2 rings (SSSR count). The Morgan fingerprint density at radius 3 is 2.93 bits per heavy atom. The van der Waals surface area contributed by atoms with E-state index in [1.165, 1.54) is 0 Å². The fourth-order valence-electron chi connectivity index (χ4n) is 1.56. The van der Waals surface area contributed by atoms with Crippen LogP contribution in [0.1, 0.15) is 12.0 Å². The Morgan fingerprint density at radius 1 is 1.36 bits per heavy atom. The summed E-state index contributed by atoms with van der Waals surface area (Å²) in [5.41, 5.74) is 1.64. The molecule has 76 valence electrons. The van der Waals surface area contributed by atoms with E-state index in [1.807, 2.05) is 0 Å². The summed E-state index contributed by atoms with van der Waals surface area (Å²) >= 11 is 5.77. The largest absolute Gasteiger partial charge is 0.379 e. The van der Waals surface area contributed by atoms with E-state index in [1.54, 1.807) is 18.2 Å². The summed E-state index contributed by atoms with van der Waals surface area (Å²) in [7, 11) is 0. The van der Waals surface area contributed by atoms with Gasteiger partial charge in [0.15, 0.2) is 0 Å². The molecular weight excluding hydrogens is 208 g/mol. The first-order valence-corrected chi connectivity index (χ1v) is 4.85. The quantitative estimate of drug-likeness (QED) is 0.703. The summed E-state index contributed by atoms with van der Waals surface area (Å²) in [6, 6.07) is 5.22. The summed E-state index contributed by atoms with van der Waals surface area (Å²) in [5, 5.41) is 3.29. The van der Waals surface area contributed by atoms with E-state index >= 15 is 0 Å². The summed E-state index contributed by atoms with van der Waals surface area (Å²) in [6.07, 6.45) is 0.293. The van der Waals surface area contributed by atoms with Crippen LogP contribution in [0.3, 0.4) is 0 Å². The van der Waals surface area contributed by atoms with E-state index in [0.29, 0.717) is 11.4 Å². The van der Waals surface area contributed by atoms with Crippen LogP contribution in [0.4, 0.5) is 14.5 Å². The first kappa shape index (κ1) is 9.71. The highest BCUT2D eigenvalue weighted by atomic mass is 35.5. The lowest BCUT2D eigenvalue weighted by molar-refractivity contribution is 0.00842. The normalized spacial score (nSPS) is 19.4. The lowest BCUT2D eigenvalue weighted by Crippen LogP contribution is -2.25. The molecule has 0 bridgehead atoms. The third-order valence-electron chi connectivity index (χ3n) is 2.37. The van der Waals surface area contributed by atoms with E-state index in [2.05, 4.69) is 5.32 Å². The zero-order valence-electron chi connectivity index (χ0n) is 7.49. The monoisotopic (exact) mass is 217 g/mol. The number of fused-ring (bicyclic) bond motifs is 1. The molecule has 1 aromatic rings. The number of hydrogen-bond acceptors (Lipinski definition) is 1. The number of rotatable bonds is 0. The smallest absolute Gasteiger partial charge is 0.265 e. The van der Waals surface area contributed by atoms with Gasteiger partial charge in [0.2, 0.25) is 0 Å². The molecule has 1 aliphatic heterocycles. The molecule has 0 fully saturated rings. The first-order chi connectivity index (χ1) is 6.57. The van der Waals surface area contributed by atoms with E-state index in [-0.39, 0.29) is 13.0 Å². The lowest BCUT2D eigenvalue weighted by atomic mass is 10.1. The van der Waals surface area contributed by atoms with Crippen molar-refractivity contribution in [1.82, 2.24) is 0 Å². The predicted octanol–water partition coefficient (Wildman–Crippen LogP) is 3.33. The number of anilines is 1. The average molecular weight is 218 g/mol. The van der Waals surface area contributed by atoms with Crippen molar-refractivity contribution in [3.8, 4) is 0 Å². The lowest BCUT2D eigenvalue weighted by Gasteiger charge is -2.12. The molecule has 1 heterocycles. The van der Waals surface area contributed by atoms with Gasteiger partial charge in [-0.05, 0) is 24.1 Å². The van der Waals surface area contributed by atoms with E-state index < -0.39 is 5.92 Å². The van der Waals surface area contributed by atoms with E-state index in [9.17, 15) is 8.78 Å². The number of hydrogen-bond donors (Lipinski definition) is 1. The van der Waals surface area contributed by atoms with Gasteiger partial charge in [0.1, 0.15) is 0 Å². The molecule has 0 amide bonds. The van der Waals surface area contributed by atoms with Crippen molar-refractivity contribution >= 4 is 17.3 Å². The second-order valence-corrected chi connectivity index (χ2v) is 3.95. The van der Waals surface area contributed by atoms with Gasteiger partial charge in [-0.2, -0.15) is 0 Å². The Labute approximate surface area is 86.1 Å². The standard InChI is InChI=1S/C10H10ClF2N/c11-8-2-1-7-3-4-10(12,13)6-14-9(7)5-8/h1-2,5,14H,3-4,6H2. The maximum Gasteiger partial charge on any atom is 0.265 e. The molecule has 1 nitrogen and oxygen atoms in total. The van der Waals surface area contributed by atoms with E-state index in [4.69, 9.17) is 11.6 Å². The number of alkyl halides is 2. The van der Waals surface area contributed by atoms with Crippen LogP contribution in [0.5, 0.6) is 0 Å². The van der Waals surface area contributed by atoms with Crippen molar-refractivity contribution in [3.63, 3.8) is 0 Å². The summed E-state index contributed by atoms with van der Waals surface area (Å²) < 4.78 is 26.1. The molecule has 0 aromatic heterocycles. The molecule has 0 spiro atoms. The SMILES string of the molecule is FC1(F)CCc2ccc(Cl)cc2NC1. The van der Waals surface area contributed by atoms with Gasteiger partial charge in [0, 0.05) is 17.1 Å². The maximum atomic E-state index is 13.0. The van der Waals surface area contributed by atoms with Crippen molar-refractivity contribution < 1.29 is 8.78 Å². The predicted molar refractivity (Wildman–Crippen MR) is 53.2 cm³/mol. The number of aryl methyl sites for hydroxylation is 1. The van der Waals surface area contributed by atoms with Crippen molar-refractivity contribution in [2.75, 3.05) is 11.9 Å². The molecule has 4 heteroatoms. The molecule has 0 atom stereocenters. The summed E-state index contributed by atoms with van der Waals surface area (Å²) in [5.74, 6) is -2.62. The zero-order chi connectivity index (χ0) is 10.2. The van der Waals surface area contributed by atoms with Crippen molar-refractivity contribution in [2.24, 2.45) is 0 Å². The molecule has 1 N–H and O–H groups in total. The highest BCUT2D eigenvalue weighted by Gasteiger charge is 2.31. The molecule has 0 saturated heterocycles. The second-order valence-electron chi connectivity index (χ2n) is 3.51. The van der Waals surface area contributed by atoms with Crippen LogP contribution in [0.25, 0.3) is 0 Å². The highest BCUT2D eigenvalue weighted by Crippen LogP contribution is 2.30. The van der Waals surface area contributed by atoms with Gasteiger partial charge in [-0.3, -0.25) is 0 Å². The Morgan fingerprint density at radius 2 is 2.14 bits per heavy atom. The fourth-order valence-corrected chi connectivity index (χ4v) is 1.73. The summed E-state index contributed by atoms with van der Waals surface area (Å²) in [6.45, 7) is -0.305. The number of nitrogens with one attached hydrogen (secondary N) is 1. The maximum absolute atomic E-state index is 13.0. The van der Waals surface area contributed by atoms with Gasteiger partial charge < -0.3 is 5.32 Å². The van der Waals surface area contributed by atoms with Gasteiger partial charge in [-0.1, -0.05) is 17.7 Å². The molecule has 0 saturated carbocycles. The molecule has 14 heavy (non-hydrogen) atoms. The van der Waals surface area contributed by atoms with Gasteiger partial charge in [-0.25, -0.2) is 8.78 Å². The molecule has 1 aromatic carbocycles. The Hall–Kier alpha value is -0.830. The van der Waals surface area contributed by atoms with Gasteiger partial charge in [0.05, 0.1) is 6.54 Å². The average Bonchev–Trinajstić information content (AvgIpc) is 2.26. The van der Waals surface area contributed by atoms with Crippen LogP contribution in [0.15, 0.2) is 18.2 Å². The minimum absolute atomic E-state index is 0.103. The molecule has 0 aliphatic carbocycles. The van der Waals surface area contributed by atoms with Crippen LogP contribution in [0.2, 0.25) is 5.02 Å². The second kappa shape index (κ2) is 3.39. The van der Waals surface area contributed by atoms with Crippen LogP contribution >= 0.6 is 11.6 Å². The van der Waals surface area contributed by atoms with Crippen LogP contribution in [-0.2, 0) is 6.42 Å². The minimum atomic E-state index is -2.62. The Bertz CT molecular complexity index is 352.